The van der Waals surface area contributed by atoms with Gasteiger partial charge in [0.2, 0.25) is 15.9 Å². The van der Waals surface area contributed by atoms with Gasteiger partial charge in [0.25, 0.3) is 0 Å². The van der Waals surface area contributed by atoms with Crippen molar-refractivity contribution in [3.05, 3.63) is 27.7 Å². The first-order valence-electron chi connectivity index (χ1n) is 6.72. The van der Waals surface area contributed by atoms with Crippen LogP contribution in [0.3, 0.4) is 0 Å². The molecule has 1 amide bonds. The second kappa shape index (κ2) is 6.84. The Morgan fingerprint density at radius 3 is 2.41 bits per heavy atom. The molecule has 1 unspecified atom stereocenters. The lowest BCUT2D eigenvalue weighted by molar-refractivity contribution is -0.123. The third-order valence-corrected chi connectivity index (χ3v) is 6.62. The number of carbonyl (C=O) groups is 1. The van der Waals surface area contributed by atoms with Crippen LogP contribution in [0.2, 0.25) is 5.02 Å². The van der Waals surface area contributed by atoms with E-state index < -0.39 is 22.0 Å². The van der Waals surface area contributed by atoms with Gasteiger partial charge in [-0.05, 0) is 25.1 Å². The van der Waals surface area contributed by atoms with E-state index in [4.69, 9.17) is 17.3 Å². The number of nitrogens with two attached hydrogens (primary N) is 1. The average Bonchev–Trinajstić information content (AvgIpc) is 2.46. The first-order chi connectivity index (χ1) is 10.2. The summed E-state index contributed by atoms with van der Waals surface area (Å²) in [5.41, 5.74) is 5.28. The Hall–Kier alpha value is -0.670. The maximum absolute atomic E-state index is 12.6. The van der Waals surface area contributed by atoms with Crippen LogP contribution in [-0.4, -0.2) is 55.8 Å². The third-order valence-electron chi connectivity index (χ3n) is 3.74. The van der Waals surface area contributed by atoms with Crippen LogP contribution >= 0.6 is 27.5 Å². The number of halogens is 2. The predicted molar refractivity (Wildman–Crippen MR) is 88.1 cm³/mol. The highest BCUT2D eigenvalue weighted by atomic mass is 79.9. The summed E-state index contributed by atoms with van der Waals surface area (Å²) in [6, 6.07) is 4.28. The normalized spacial score (nSPS) is 19.0. The van der Waals surface area contributed by atoms with Crippen molar-refractivity contribution in [2.75, 3.05) is 26.2 Å². The van der Waals surface area contributed by atoms with Crippen LogP contribution in [0.5, 0.6) is 0 Å². The molecule has 0 spiro atoms. The number of nitrogens with zero attached hydrogens (tertiary/aromatic N) is 2. The number of carbonyl (C=O) groups excluding carboxylic acids is 1. The zero-order chi connectivity index (χ0) is 16.5. The van der Waals surface area contributed by atoms with E-state index >= 15 is 0 Å². The minimum absolute atomic E-state index is 0.0915. The summed E-state index contributed by atoms with van der Waals surface area (Å²) in [5.74, 6) is -0.410. The Balaban J connectivity index is 2.14. The fourth-order valence-corrected chi connectivity index (χ4v) is 4.77. The van der Waals surface area contributed by atoms with E-state index in [9.17, 15) is 13.2 Å². The molecule has 0 aliphatic carbocycles. The first kappa shape index (κ1) is 17.7. The minimum atomic E-state index is -3.64. The highest BCUT2D eigenvalue weighted by molar-refractivity contribution is 9.10. The van der Waals surface area contributed by atoms with E-state index in [1.165, 1.54) is 10.4 Å². The number of primary amides is 1. The van der Waals surface area contributed by atoms with Gasteiger partial charge in [-0.3, -0.25) is 9.69 Å². The van der Waals surface area contributed by atoms with Crippen molar-refractivity contribution in [1.82, 2.24) is 9.21 Å². The molecule has 0 aromatic heterocycles. The number of hydrogen-bond acceptors (Lipinski definition) is 4. The van der Waals surface area contributed by atoms with Crippen molar-refractivity contribution in [3.63, 3.8) is 0 Å². The van der Waals surface area contributed by atoms with Crippen LogP contribution < -0.4 is 5.73 Å². The van der Waals surface area contributed by atoms with Crippen LogP contribution in [0, 0.1) is 0 Å². The quantitative estimate of drug-likeness (QED) is 0.810. The molecule has 1 fully saturated rings. The van der Waals surface area contributed by atoms with Gasteiger partial charge >= 0.3 is 0 Å². The molecule has 1 aliphatic rings. The van der Waals surface area contributed by atoms with Gasteiger partial charge in [0.15, 0.2) is 0 Å². The predicted octanol–water partition coefficient (Wildman–Crippen LogP) is 1.28. The summed E-state index contributed by atoms with van der Waals surface area (Å²) in [6.07, 6.45) is 0. The monoisotopic (exact) mass is 409 g/mol. The molecule has 0 saturated carbocycles. The molecule has 2 N–H and O–H groups in total. The lowest BCUT2D eigenvalue weighted by atomic mass is 10.2. The lowest BCUT2D eigenvalue weighted by Crippen LogP contribution is -2.54. The average molecular weight is 411 g/mol. The van der Waals surface area contributed by atoms with E-state index in [2.05, 4.69) is 15.9 Å². The number of amides is 1. The van der Waals surface area contributed by atoms with Crippen molar-refractivity contribution < 1.29 is 13.2 Å². The minimum Gasteiger partial charge on any atom is -0.368 e. The molecule has 22 heavy (non-hydrogen) atoms. The van der Waals surface area contributed by atoms with Crippen LogP contribution in [0.25, 0.3) is 0 Å². The molecule has 1 atom stereocenters. The van der Waals surface area contributed by atoms with E-state index in [1.54, 1.807) is 19.1 Å². The maximum atomic E-state index is 12.6. The van der Waals surface area contributed by atoms with Gasteiger partial charge in [-0.25, -0.2) is 8.42 Å². The number of sulfonamides is 1. The molecule has 9 heteroatoms. The standard InChI is InChI=1S/C13H17BrClN3O3S/c1-9(13(16)19)17-4-6-18(7-5-17)22(20,21)12-3-2-10(14)8-11(12)15/h2-3,8-9H,4-7H2,1H3,(H2,16,19). The Morgan fingerprint density at radius 2 is 1.91 bits per heavy atom. The van der Waals surface area contributed by atoms with E-state index in [-0.39, 0.29) is 9.92 Å². The molecule has 2 rings (SSSR count). The fourth-order valence-electron chi connectivity index (χ4n) is 2.33. The topological polar surface area (TPSA) is 83.7 Å². The second-order valence-corrected chi connectivity index (χ2v) is 8.32. The summed E-state index contributed by atoms with van der Waals surface area (Å²) in [5, 5.41) is 0.183. The maximum Gasteiger partial charge on any atom is 0.244 e. The van der Waals surface area contributed by atoms with Crippen molar-refractivity contribution in [1.29, 1.82) is 0 Å². The zero-order valence-corrected chi connectivity index (χ0v) is 15.2. The van der Waals surface area contributed by atoms with Gasteiger partial charge in [-0.15, -0.1) is 0 Å². The molecule has 1 heterocycles. The molecule has 1 saturated heterocycles. The number of piperazine rings is 1. The van der Waals surface area contributed by atoms with E-state index in [0.29, 0.717) is 26.2 Å². The van der Waals surface area contributed by atoms with Gasteiger partial charge in [-0.1, -0.05) is 27.5 Å². The highest BCUT2D eigenvalue weighted by Crippen LogP contribution is 2.28. The number of rotatable bonds is 4. The second-order valence-electron chi connectivity index (χ2n) is 5.09. The Labute approximate surface area is 143 Å². The summed E-state index contributed by atoms with van der Waals surface area (Å²) in [7, 11) is -3.64. The molecule has 0 radical (unpaired) electrons. The van der Waals surface area contributed by atoms with Gasteiger partial charge < -0.3 is 5.73 Å². The Bertz CT molecular complexity index is 675. The van der Waals surface area contributed by atoms with E-state index in [0.717, 1.165) is 4.47 Å². The first-order valence-corrected chi connectivity index (χ1v) is 9.33. The van der Waals surface area contributed by atoms with Crippen LogP contribution in [-0.2, 0) is 14.8 Å². The zero-order valence-electron chi connectivity index (χ0n) is 12.0. The number of hydrogen-bond donors (Lipinski definition) is 1. The Morgan fingerprint density at radius 1 is 1.32 bits per heavy atom. The summed E-state index contributed by atoms with van der Waals surface area (Å²) in [6.45, 7) is 3.23. The van der Waals surface area contributed by atoms with Crippen molar-refractivity contribution >= 4 is 43.5 Å². The SMILES string of the molecule is CC(C(N)=O)N1CCN(S(=O)(=O)c2ccc(Br)cc2Cl)CC1. The van der Waals surface area contributed by atoms with Gasteiger partial charge in [-0.2, -0.15) is 4.31 Å². The fraction of sp³-hybridized carbons (Fsp3) is 0.462. The lowest BCUT2D eigenvalue weighted by Gasteiger charge is -2.36. The summed E-state index contributed by atoms with van der Waals surface area (Å²) < 4.78 is 27.4. The van der Waals surface area contributed by atoms with Crippen molar-refractivity contribution in [2.45, 2.75) is 17.9 Å². The highest BCUT2D eigenvalue weighted by Gasteiger charge is 2.32. The van der Waals surface area contributed by atoms with Crippen LogP contribution in [0.4, 0.5) is 0 Å². The van der Waals surface area contributed by atoms with Crippen molar-refractivity contribution in [2.24, 2.45) is 5.73 Å². The smallest absolute Gasteiger partial charge is 0.244 e. The largest absolute Gasteiger partial charge is 0.368 e. The molecular weight excluding hydrogens is 394 g/mol. The van der Waals surface area contributed by atoms with Crippen LogP contribution in [0.15, 0.2) is 27.6 Å². The molecule has 1 aromatic carbocycles. The van der Waals surface area contributed by atoms with Crippen molar-refractivity contribution in [3.8, 4) is 0 Å². The molecule has 6 nitrogen and oxygen atoms in total. The third kappa shape index (κ3) is 3.62. The number of benzene rings is 1. The summed E-state index contributed by atoms with van der Waals surface area (Å²) >= 11 is 9.30. The van der Waals surface area contributed by atoms with Gasteiger partial charge in [0, 0.05) is 30.7 Å². The molecule has 0 bridgehead atoms. The van der Waals surface area contributed by atoms with E-state index in [1.807, 2.05) is 4.90 Å². The summed E-state index contributed by atoms with van der Waals surface area (Å²) in [4.78, 5) is 13.2. The van der Waals surface area contributed by atoms with Crippen LogP contribution in [0.1, 0.15) is 6.92 Å². The molecule has 122 valence electrons. The Kier molecular flexibility index (Phi) is 5.50. The molecule has 1 aliphatic heterocycles. The molecular formula is C13H17BrClN3O3S. The van der Waals surface area contributed by atoms with Gasteiger partial charge in [0.1, 0.15) is 4.90 Å². The van der Waals surface area contributed by atoms with Gasteiger partial charge in [0.05, 0.1) is 11.1 Å². The molecule has 1 aromatic rings.